The predicted molar refractivity (Wildman–Crippen MR) is 98.0 cm³/mol. The van der Waals surface area contributed by atoms with E-state index in [9.17, 15) is 19.2 Å². The Morgan fingerprint density at radius 2 is 1.14 bits per heavy atom. The molecule has 4 heterocycles. The molecule has 28 heavy (non-hydrogen) atoms. The van der Waals surface area contributed by atoms with Gasteiger partial charge in [0.05, 0.1) is 26.3 Å². The van der Waals surface area contributed by atoms with E-state index in [1.54, 1.807) is 0 Å². The zero-order chi connectivity index (χ0) is 20.6. The molecule has 0 aromatic carbocycles. The van der Waals surface area contributed by atoms with Gasteiger partial charge in [0, 0.05) is 25.2 Å². The number of rotatable bonds is 2. The van der Waals surface area contributed by atoms with E-state index in [4.69, 9.17) is 15.7 Å². The van der Waals surface area contributed by atoms with Gasteiger partial charge in [-0.25, -0.2) is 0 Å². The maximum atomic E-state index is 11.3. The van der Waals surface area contributed by atoms with Crippen LogP contribution in [0, 0.1) is 0 Å². The van der Waals surface area contributed by atoms with Crippen LogP contribution in [0.15, 0.2) is 0 Å². The van der Waals surface area contributed by atoms with Crippen LogP contribution in [0.2, 0.25) is 0 Å². The molecule has 2 amide bonds. The van der Waals surface area contributed by atoms with E-state index in [1.165, 1.54) is 24.0 Å². The lowest BCUT2D eigenvalue weighted by Crippen LogP contribution is -2.56. The Kier molecular flexibility index (Phi) is 5.99. The Bertz CT molecular complexity index is 624. The second kappa shape index (κ2) is 8.12. The Hall–Kier alpha value is -2.07. The summed E-state index contributed by atoms with van der Waals surface area (Å²) >= 11 is 0. The van der Waals surface area contributed by atoms with E-state index in [0.717, 1.165) is 12.8 Å². The highest BCUT2D eigenvalue weighted by molar-refractivity contribution is 6.57. The molecule has 0 aromatic heterocycles. The fourth-order valence-corrected chi connectivity index (χ4v) is 4.55. The van der Waals surface area contributed by atoms with Crippen LogP contribution in [0.1, 0.15) is 12.8 Å². The number of fused-ring (bicyclic) bond motifs is 4. The summed E-state index contributed by atoms with van der Waals surface area (Å²) in [5.41, 5.74) is 0. The van der Waals surface area contributed by atoms with Gasteiger partial charge in [-0.1, -0.05) is 0 Å². The number of nitrogens with one attached hydrogen (secondary N) is 2. The Morgan fingerprint density at radius 1 is 0.786 bits per heavy atom. The van der Waals surface area contributed by atoms with Crippen molar-refractivity contribution in [2.45, 2.75) is 49.1 Å². The fourth-order valence-electron chi connectivity index (χ4n) is 4.55. The van der Waals surface area contributed by atoms with Crippen molar-refractivity contribution in [3.63, 3.8) is 0 Å². The largest absolute Gasteiger partial charge is 0.468 e. The number of carbonyl (C=O) groups excluding carboxylic acids is 4. The summed E-state index contributed by atoms with van der Waals surface area (Å²) < 4.78 is 9.27. The Balaban J connectivity index is 0.000000161. The van der Waals surface area contributed by atoms with Gasteiger partial charge in [0.2, 0.25) is 15.7 Å². The fraction of sp³-hybridized carbons (Fsp3) is 0.750. The molecule has 4 fully saturated rings. The minimum Gasteiger partial charge on any atom is -0.468 e. The zero-order valence-electron chi connectivity index (χ0n) is 15.8. The monoisotopic (exact) mass is 388 g/mol. The van der Waals surface area contributed by atoms with Crippen LogP contribution in [0.4, 0.5) is 9.59 Å². The first-order valence-electron chi connectivity index (χ1n) is 9.06. The molecule has 0 aliphatic carbocycles. The van der Waals surface area contributed by atoms with Crippen molar-refractivity contribution in [3.8, 4) is 0 Å². The SMILES string of the molecule is [B]C(=O)N1CC2CC1[C@@H](C(=O)OC)N2.[B]C(=O)N1CC2CC1[C@H](C(=O)OC)N2. The molecule has 4 radical (unpaired) electrons. The Morgan fingerprint density at radius 3 is 1.39 bits per heavy atom. The van der Waals surface area contributed by atoms with Gasteiger partial charge in [-0.3, -0.25) is 29.8 Å². The summed E-state index contributed by atoms with van der Waals surface area (Å²) in [6.45, 7) is 1.18. The first kappa shape index (κ1) is 20.7. The van der Waals surface area contributed by atoms with Crippen molar-refractivity contribution in [1.29, 1.82) is 0 Å². The number of hydrogen-bond acceptors (Lipinski definition) is 8. The van der Waals surface area contributed by atoms with Crippen LogP contribution < -0.4 is 10.6 Å². The summed E-state index contributed by atoms with van der Waals surface area (Å²) in [5, 5.41) is 6.20. The number of ether oxygens (including phenoxy) is 2. The van der Waals surface area contributed by atoms with Crippen LogP contribution in [0.25, 0.3) is 0 Å². The van der Waals surface area contributed by atoms with E-state index in [-0.39, 0.29) is 36.1 Å². The lowest BCUT2D eigenvalue weighted by molar-refractivity contribution is -0.145. The highest BCUT2D eigenvalue weighted by atomic mass is 16.5. The molecule has 12 heteroatoms. The van der Waals surface area contributed by atoms with Crippen LogP contribution in [0.3, 0.4) is 0 Å². The lowest BCUT2D eigenvalue weighted by Gasteiger charge is -2.31. The Labute approximate surface area is 165 Å². The third kappa shape index (κ3) is 3.75. The molecule has 0 saturated carbocycles. The van der Waals surface area contributed by atoms with Gasteiger partial charge in [-0.15, -0.1) is 0 Å². The predicted octanol–water partition coefficient (Wildman–Crippen LogP) is -2.27. The van der Waals surface area contributed by atoms with E-state index >= 15 is 0 Å². The molecule has 4 saturated heterocycles. The van der Waals surface area contributed by atoms with E-state index < -0.39 is 23.7 Å². The first-order valence-corrected chi connectivity index (χ1v) is 9.06. The molecular formula is C16H22B2N4O6. The molecule has 6 atom stereocenters. The van der Waals surface area contributed by atoms with Gasteiger partial charge < -0.3 is 19.3 Å². The van der Waals surface area contributed by atoms with E-state index in [1.807, 2.05) is 0 Å². The molecule has 2 N–H and O–H groups in total. The number of hydrogen-bond donors (Lipinski definition) is 2. The molecule has 4 bridgehead atoms. The van der Waals surface area contributed by atoms with Crippen LogP contribution in [0.5, 0.6) is 0 Å². The normalized spacial score (nSPS) is 34.6. The van der Waals surface area contributed by atoms with Crippen molar-refractivity contribution in [1.82, 2.24) is 20.4 Å². The van der Waals surface area contributed by atoms with Gasteiger partial charge in [0.25, 0.3) is 0 Å². The molecule has 10 nitrogen and oxygen atoms in total. The minimum atomic E-state index is -0.465. The smallest absolute Gasteiger partial charge is 0.325 e. The van der Waals surface area contributed by atoms with Gasteiger partial charge in [-0.2, -0.15) is 0 Å². The quantitative estimate of drug-likeness (QED) is 0.402. The molecule has 4 unspecified atom stereocenters. The van der Waals surface area contributed by atoms with Crippen LogP contribution in [-0.4, -0.2) is 113 Å². The molecule has 4 rings (SSSR count). The number of likely N-dealkylation sites (tertiary alicyclic amines) is 2. The van der Waals surface area contributed by atoms with Gasteiger partial charge in [0.15, 0.2) is 11.6 Å². The number of methoxy groups -OCH3 is 2. The molecule has 4 aliphatic heterocycles. The number of esters is 2. The number of carbonyl (C=O) groups is 4. The second-order valence-corrected chi connectivity index (χ2v) is 7.32. The van der Waals surface area contributed by atoms with Crippen molar-refractivity contribution in [2.24, 2.45) is 0 Å². The zero-order valence-corrected chi connectivity index (χ0v) is 15.8. The number of nitrogens with zero attached hydrogens (tertiary/aromatic N) is 2. The molecule has 0 spiro atoms. The third-order valence-corrected chi connectivity index (χ3v) is 5.76. The van der Waals surface area contributed by atoms with Crippen LogP contribution in [-0.2, 0) is 19.1 Å². The molecular weight excluding hydrogens is 366 g/mol. The van der Waals surface area contributed by atoms with Gasteiger partial charge in [-0.05, 0) is 12.8 Å². The lowest BCUT2D eigenvalue weighted by atomic mass is 10.0. The van der Waals surface area contributed by atoms with E-state index in [2.05, 4.69) is 20.1 Å². The third-order valence-electron chi connectivity index (χ3n) is 5.76. The summed E-state index contributed by atoms with van der Waals surface area (Å²) in [5.74, 6) is -1.59. The average molecular weight is 388 g/mol. The van der Waals surface area contributed by atoms with Crippen molar-refractivity contribution in [3.05, 3.63) is 0 Å². The van der Waals surface area contributed by atoms with Gasteiger partial charge >= 0.3 is 11.9 Å². The standard InChI is InChI=1S/2C8H11BN2O3/c2*1-14-7(12)6-5-2-4(10-6)3-11(5)8(9)13/h2*4-6,10H,2-3H2,1H3/t2*4?,5?,6-/m10/s1. The summed E-state index contributed by atoms with van der Waals surface area (Å²) in [4.78, 5) is 47.7. The van der Waals surface area contributed by atoms with Crippen molar-refractivity contribution < 1.29 is 28.7 Å². The van der Waals surface area contributed by atoms with Crippen molar-refractivity contribution in [2.75, 3.05) is 27.3 Å². The average Bonchev–Trinajstić information content (AvgIpc) is 3.45. The summed E-state index contributed by atoms with van der Waals surface area (Å²) in [6.07, 6.45) is 1.56. The number of piperazine rings is 2. The topological polar surface area (TPSA) is 117 Å². The van der Waals surface area contributed by atoms with Crippen molar-refractivity contribution >= 4 is 39.2 Å². The molecule has 4 aliphatic rings. The summed E-state index contributed by atoms with van der Waals surface area (Å²) in [6, 6.07) is -0.736. The van der Waals surface area contributed by atoms with Gasteiger partial charge in [0.1, 0.15) is 12.1 Å². The van der Waals surface area contributed by atoms with E-state index in [0.29, 0.717) is 13.1 Å². The maximum Gasteiger partial charge on any atom is 0.325 e. The van der Waals surface area contributed by atoms with Crippen LogP contribution >= 0.6 is 0 Å². The molecule has 0 aromatic rings. The minimum absolute atomic E-state index is 0.134. The first-order chi connectivity index (χ1) is 13.3. The molecule has 148 valence electrons. The second-order valence-electron chi connectivity index (χ2n) is 7.32. The highest BCUT2D eigenvalue weighted by Gasteiger charge is 2.49. The highest BCUT2D eigenvalue weighted by Crippen LogP contribution is 2.29. The number of amides is 2. The maximum absolute atomic E-state index is 11.3. The summed E-state index contributed by atoms with van der Waals surface area (Å²) in [7, 11) is 13.1.